The lowest BCUT2D eigenvalue weighted by molar-refractivity contribution is -0.115. The Morgan fingerprint density at radius 3 is 2.67 bits per heavy atom. The second kappa shape index (κ2) is 9.08. The third kappa shape index (κ3) is 5.38. The van der Waals surface area contributed by atoms with Gasteiger partial charge in [-0.3, -0.25) is 4.79 Å². The lowest BCUT2D eigenvalue weighted by Gasteiger charge is -2.11. The molecule has 0 spiro atoms. The molecule has 2 aromatic carbocycles. The van der Waals surface area contributed by atoms with Gasteiger partial charge >= 0.3 is 5.97 Å². The quantitative estimate of drug-likeness (QED) is 0.699. The summed E-state index contributed by atoms with van der Waals surface area (Å²) in [4.78, 5) is 24.0. The van der Waals surface area contributed by atoms with Crippen molar-refractivity contribution in [2.45, 2.75) is 13.3 Å². The van der Waals surface area contributed by atoms with E-state index in [1.165, 1.54) is 0 Å². The van der Waals surface area contributed by atoms with Crippen LogP contribution < -0.4 is 10.6 Å². The molecule has 2 rings (SSSR count). The molecule has 0 saturated heterocycles. The van der Waals surface area contributed by atoms with Crippen molar-refractivity contribution >= 4 is 39.2 Å². The fourth-order valence-electron chi connectivity index (χ4n) is 2.11. The number of carbonyl (C=O) groups excluding carboxylic acids is 2. The van der Waals surface area contributed by atoms with E-state index in [-0.39, 0.29) is 18.9 Å². The lowest BCUT2D eigenvalue weighted by atomic mass is 10.1. The highest BCUT2D eigenvalue weighted by Gasteiger charge is 2.13. The van der Waals surface area contributed by atoms with Crippen LogP contribution in [0.5, 0.6) is 0 Å². The van der Waals surface area contributed by atoms with E-state index < -0.39 is 5.97 Å². The number of halogens is 1. The molecular weight excluding hydrogens is 372 g/mol. The Morgan fingerprint density at radius 2 is 1.92 bits per heavy atom. The fourth-order valence-corrected chi connectivity index (χ4v) is 2.51. The van der Waals surface area contributed by atoms with Crippen LogP contribution in [0.15, 0.2) is 53.0 Å². The molecule has 0 aliphatic carbocycles. The highest BCUT2D eigenvalue weighted by molar-refractivity contribution is 9.10. The van der Waals surface area contributed by atoms with Crippen molar-refractivity contribution in [2.75, 3.05) is 23.8 Å². The first-order chi connectivity index (χ1) is 11.6. The summed E-state index contributed by atoms with van der Waals surface area (Å²) in [5, 5.41) is 5.94. The van der Waals surface area contributed by atoms with Crippen LogP contribution in [-0.4, -0.2) is 25.0 Å². The molecule has 0 aromatic heterocycles. The van der Waals surface area contributed by atoms with Gasteiger partial charge in [-0.25, -0.2) is 4.79 Å². The van der Waals surface area contributed by atoms with E-state index in [1.54, 1.807) is 31.2 Å². The van der Waals surface area contributed by atoms with E-state index in [1.807, 2.05) is 24.3 Å². The smallest absolute Gasteiger partial charge is 0.340 e. The Morgan fingerprint density at radius 1 is 1.12 bits per heavy atom. The van der Waals surface area contributed by atoms with Gasteiger partial charge in [0, 0.05) is 23.1 Å². The lowest BCUT2D eigenvalue weighted by Crippen LogP contribution is -2.18. The van der Waals surface area contributed by atoms with E-state index in [0.717, 1.165) is 10.2 Å². The summed E-state index contributed by atoms with van der Waals surface area (Å²) in [7, 11) is 0. The fraction of sp³-hybridized carbons (Fsp3) is 0.222. The van der Waals surface area contributed by atoms with Gasteiger partial charge < -0.3 is 15.4 Å². The third-order valence-corrected chi connectivity index (χ3v) is 3.70. The third-order valence-electron chi connectivity index (χ3n) is 3.20. The Hall–Kier alpha value is -2.34. The van der Waals surface area contributed by atoms with Crippen molar-refractivity contribution in [3.05, 3.63) is 58.6 Å². The summed E-state index contributed by atoms with van der Waals surface area (Å²) in [5.74, 6) is -0.616. The van der Waals surface area contributed by atoms with Gasteiger partial charge in [0.05, 0.1) is 17.9 Å². The molecule has 24 heavy (non-hydrogen) atoms. The second-order valence-electron chi connectivity index (χ2n) is 5.00. The number of hydrogen-bond acceptors (Lipinski definition) is 4. The van der Waals surface area contributed by atoms with Crippen molar-refractivity contribution < 1.29 is 14.3 Å². The van der Waals surface area contributed by atoms with Gasteiger partial charge in [0.15, 0.2) is 0 Å². The Balaban J connectivity index is 1.89. The molecule has 126 valence electrons. The minimum Gasteiger partial charge on any atom is -0.462 e. The van der Waals surface area contributed by atoms with Crippen LogP contribution in [-0.2, 0) is 9.53 Å². The summed E-state index contributed by atoms with van der Waals surface area (Å²) in [6, 6.07) is 14.5. The van der Waals surface area contributed by atoms with Crippen LogP contribution in [0.2, 0.25) is 0 Å². The van der Waals surface area contributed by atoms with Crippen LogP contribution >= 0.6 is 15.9 Å². The van der Waals surface area contributed by atoms with Crippen LogP contribution in [0.25, 0.3) is 0 Å². The van der Waals surface area contributed by atoms with E-state index in [4.69, 9.17) is 4.74 Å². The number of para-hydroxylation sites is 1. The number of hydrogen-bond donors (Lipinski definition) is 2. The molecule has 0 aliphatic heterocycles. The maximum atomic E-state index is 12.1. The predicted octanol–water partition coefficient (Wildman–Crippen LogP) is 4.07. The zero-order valence-corrected chi connectivity index (χ0v) is 14.9. The zero-order chi connectivity index (χ0) is 17.4. The molecule has 2 N–H and O–H groups in total. The summed E-state index contributed by atoms with van der Waals surface area (Å²) >= 11 is 3.40. The number of ether oxygens (including phenoxy) is 1. The summed E-state index contributed by atoms with van der Waals surface area (Å²) in [6.45, 7) is 2.52. The highest BCUT2D eigenvalue weighted by atomic mass is 79.9. The minimum atomic E-state index is -0.444. The van der Waals surface area contributed by atoms with Crippen LogP contribution in [0, 0.1) is 0 Å². The number of carbonyl (C=O) groups is 2. The molecule has 0 bridgehead atoms. The molecule has 1 amide bonds. The maximum absolute atomic E-state index is 12.1. The van der Waals surface area contributed by atoms with Gasteiger partial charge in [-0.1, -0.05) is 34.1 Å². The Labute approximate surface area is 149 Å². The molecule has 0 unspecified atom stereocenters. The number of esters is 1. The molecule has 0 fully saturated rings. The molecule has 2 aromatic rings. The monoisotopic (exact) mass is 390 g/mol. The molecular formula is C18H19BrN2O3. The average molecular weight is 391 g/mol. The number of rotatable bonds is 7. The van der Waals surface area contributed by atoms with Crippen molar-refractivity contribution in [3.8, 4) is 0 Å². The average Bonchev–Trinajstić information content (AvgIpc) is 2.55. The van der Waals surface area contributed by atoms with Gasteiger partial charge in [0.25, 0.3) is 0 Å². The minimum absolute atomic E-state index is 0.172. The number of nitrogens with one attached hydrogen (secondary N) is 2. The normalized spacial score (nSPS) is 10.1. The Kier molecular flexibility index (Phi) is 6.81. The number of amides is 1. The molecule has 0 radical (unpaired) electrons. The SMILES string of the molecule is CCOC(=O)c1ccccc1NC(=O)CCNc1cccc(Br)c1. The van der Waals surface area contributed by atoms with Crippen LogP contribution in [0.4, 0.5) is 11.4 Å². The molecule has 0 atom stereocenters. The second-order valence-corrected chi connectivity index (χ2v) is 5.92. The largest absolute Gasteiger partial charge is 0.462 e. The molecule has 6 heteroatoms. The highest BCUT2D eigenvalue weighted by Crippen LogP contribution is 2.17. The van der Waals surface area contributed by atoms with Crippen LogP contribution in [0.1, 0.15) is 23.7 Å². The van der Waals surface area contributed by atoms with Gasteiger partial charge in [0.2, 0.25) is 5.91 Å². The summed E-state index contributed by atoms with van der Waals surface area (Å²) in [6.07, 6.45) is 0.281. The van der Waals surface area contributed by atoms with Gasteiger partial charge in [-0.05, 0) is 37.3 Å². The first-order valence-corrected chi connectivity index (χ1v) is 8.45. The van der Waals surface area contributed by atoms with Gasteiger partial charge in [-0.2, -0.15) is 0 Å². The maximum Gasteiger partial charge on any atom is 0.340 e. The van der Waals surface area contributed by atoms with E-state index >= 15 is 0 Å². The molecule has 5 nitrogen and oxygen atoms in total. The first kappa shape index (κ1) is 18.0. The standard InChI is InChI=1S/C18H19BrN2O3/c1-2-24-18(23)15-8-3-4-9-16(15)21-17(22)10-11-20-14-7-5-6-13(19)12-14/h3-9,12,20H,2,10-11H2,1H3,(H,21,22). The Bertz CT molecular complexity index is 719. The van der Waals surface area contributed by atoms with Crippen molar-refractivity contribution in [1.82, 2.24) is 0 Å². The topological polar surface area (TPSA) is 67.4 Å². The first-order valence-electron chi connectivity index (χ1n) is 7.65. The molecule has 0 heterocycles. The van der Waals surface area contributed by atoms with Crippen molar-refractivity contribution in [2.24, 2.45) is 0 Å². The number of benzene rings is 2. The molecule has 0 aliphatic rings. The summed E-state index contributed by atoms with van der Waals surface area (Å²) in [5.41, 5.74) is 1.75. The van der Waals surface area contributed by atoms with E-state index in [9.17, 15) is 9.59 Å². The van der Waals surface area contributed by atoms with Crippen molar-refractivity contribution in [3.63, 3.8) is 0 Å². The molecule has 0 saturated carbocycles. The zero-order valence-electron chi connectivity index (χ0n) is 13.3. The van der Waals surface area contributed by atoms with E-state index in [0.29, 0.717) is 17.8 Å². The van der Waals surface area contributed by atoms with Crippen LogP contribution in [0.3, 0.4) is 0 Å². The summed E-state index contributed by atoms with van der Waals surface area (Å²) < 4.78 is 5.97. The van der Waals surface area contributed by atoms with Crippen molar-refractivity contribution in [1.29, 1.82) is 0 Å². The van der Waals surface area contributed by atoms with E-state index in [2.05, 4.69) is 26.6 Å². The van der Waals surface area contributed by atoms with Gasteiger partial charge in [-0.15, -0.1) is 0 Å². The number of anilines is 2. The van der Waals surface area contributed by atoms with Gasteiger partial charge in [0.1, 0.15) is 0 Å². The predicted molar refractivity (Wildman–Crippen MR) is 98.3 cm³/mol.